The molecule has 0 aliphatic rings. The van der Waals surface area contributed by atoms with Gasteiger partial charge in [-0.1, -0.05) is 32.9 Å². The first-order valence-corrected chi connectivity index (χ1v) is 7.31. The number of methoxy groups -OCH3 is 1. The highest BCUT2D eigenvalue weighted by molar-refractivity contribution is 5.29. The fourth-order valence-electron chi connectivity index (χ4n) is 2.31. The summed E-state index contributed by atoms with van der Waals surface area (Å²) < 4.78 is 5.22. The van der Waals surface area contributed by atoms with Crippen molar-refractivity contribution in [2.75, 3.05) is 27.7 Å². The summed E-state index contributed by atoms with van der Waals surface area (Å²) in [5, 5.41) is 3.41. The second-order valence-electron chi connectivity index (χ2n) is 6.60. The van der Waals surface area contributed by atoms with Gasteiger partial charge in [0, 0.05) is 18.6 Å². The predicted octanol–water partition coefficient (Wildman–Crippen LogP) is 3.32. The van der Waals surface area contributed by atoms with Gasteiger partial charge in [-0.05, 0) is 44.1 Å². The van der Waals surface area contributed by atoms with Crippen molar-refractivity contribution in [2.45, 2.75) is 39.8 Å². The highest BCUT2D eigenvalue weighted by atomic mass is 16.5. The Morgan fingerprint density at radius 1 is 1.20 bits per heavy atom. The molecule has 0 saturated heterocycles. The Balaban J connectivity index is 2.75. The molecule has 2 unspecified atom stereocenters. The van der Waals surface area contributed by atoms with Gasteiger partial charge in [-0.3, -0.25) is 0 Å². The zero-order valence-corrected chi connectivity index (χ0v) is 14.0. The second kappa shape index (κ2) is 7.09. The molecule has 3 heteroatoms. The Kier molecular flexibility index (Phi) is 6.03. The molecule has 1 N–H and O–H groups in total. The van der Waals surface area contributed by atoms with Crippen molar-refractivity contribution in [3.8, 4) is 5.75 Å². The minimum atomic E-state index is 0.285. The monoisotopic (exact) mass is 278 g/mol. The van der Waals surface area contributed by atoms with Gasteiger partial charge in [-0.2, -0.15) is 0 Å². The minimum Gasteiger partial charge on any atom is -0.497 e. The highest BCUT2D eigenvalue weighted by Crippen LogP contribution is 2.25. The van der Waals surface area contributed by atoms with Crippen LogP contribution in [0.15, 0.2) is 24.3 Å². The second-order valence-corrected chi connectivity index (χ2v) is 6.60. The third-order valence-electron chi connectivity index (χ3n) is 4.25. The van der Waals surface area contributed by atoms with Gasteiger partial charge in [-0.25, -0.2) is 0 Å². The molecule has 0 aromatic heterocycles. The van der Waals surface area contributed by atoms with Crippen LogP contribution in [0.4, 0.5) is 0 Å². The van der Waals surface area contributed by atoms with Crippen LogP contribution in [-0.2, 0) is 0 Å². The molecule has 0 fully saturated rings. The lowest BCUT2D eigenvalue weighted by Crippen LogP contribution is -2.43. The molecule has 0 radical (unpaired) electrons. The Morgan fingerprint density at radius 2 is 1.75 bits per heavy atom. The van der Waals surface area contributed by atoms with Crippen LogP contribution in [0.5, 0.6) is 5.75 Å². The number of likely N-dealkylation sites (N-methyl/N-ethyl adjacent to an activating group) is 2. The average molecular weight is 278 g/mol. The zero-order chi connectivity index (χ0) is 15.3. The van der Waals surface area contributed by atoms with E-state index in [1.54, 1.807) is 7.11 Å². The van der Waals surface area contributed by atoms with E-state index in [9.17, 15) is 0 Å². The van der Waals surface area contributed by atoms with E-state index in [-0.39, 0.29) is 5.41 Å². The van der Waals surface area contributed by atoms with Crippen molar-refractivity contribution in [3.05, 3.63) is 29.8 Å². The Labute approximate surface area is 124 Å². The SMILES string of the molecule is CNC(CN(C)C(C)C(C)(C)C)c1ccc(OC)cc1. The maximum Gasteiger partial charge on any atom is 0.118 e. The molecule has 1 aromatic carbocycles. The Morgan fingerprint density at radius 3 is 2.15 bits per heavy atom. The number of rotatable bonds is 6. The number of benzene rings is 1. The van der Waals surface area contributed by atoms with E-state index in [1.165, 1.54) is 5.56 Å². The van der Waals surface area contributed by atoms with Gasteiger partial charge in [0.2, 0.25) is 0 Å². The average Bonchev–Trinajstić information content (AvgIpc) is 2.42. The van der Waals surface area contributed by atoms with Crippen LogP contribution >= 0.6 is 0 Å². The maximum atomic E-state index is 5.22. The van der Waals surface area contributed by atoms with Crippen LogP contribution in [0.25, 0.3) is 0 Å². The van der Waals surface area contributed by atoms with E-state index in [0.717, 1.165) is 12.3 Å². The topological polar surface area (TPSA) is 24.5 Å². The number of hydrogen-bond acceptors (Lipinski definition) is 3. The lowest BCUT2D eigenvalue weighted by molar-refractivity contribution is 0.130. The number of hydrogen-bond donors (Lipinski definition) is 1. The summed E-state index contributed by atoms with van der Waals surface area (Å²) in [5.41, 5.74) is 1.58. The molecule has 0 amide bonds. The molecule has 1 aromatic rings. The largest absolute Gasteiger partial charge is 0.497 e. The zero-order valence-electron chi connectivity index (χ0n) is 14.0. The molecule has 3 nitrogen and oxygen atoms in total. The van der Waals surface area contributed by atoms with Gasteiger partial charge in [-0.15, -0.1) is 0 Å². The molecular formula is C17H30N2O. The third kappa shape index (κ3) is 4.50. The van der Waals surface area contributed by atoms with E-state index < -0.39 is 0 Å². The lowest BCUT2D eigenvalue weighted by Gasteiger charge is -2.37. The standard InChI is InChI=1S/C17H30N2O/c1-13(17(2,3)4)19(6)12-16(18-5)14-8-10-15(20-7)11-9-14/h8-11,13,16,18H,12H2,1-7H3. The summed E-state index contributed by atoms with van der Waals surface area (Å²) in [6.45, 7) is 10.1. The number of nitrogens with one attached hydrogen (secondary N) is 1. The number of nitrogens with zero attached hydrogens (tertiary/aromatic N) is 1. The normalized spacial score (nSPS) is 15.2. The van der Waals surface area contributed by atoms with Crippen LogP contribution in [-0.4, -0.2) is 38.7 Å². The van der Waals surface area contributed by atoms with Gasteiger partial charge in [0.05, 0.1) is 7.11 Å². The molecule has 114 valence electrons. The minimum absolute atomic E-state index is 0.285. The first kappa shape index (κ1) is 17.0. The van der Waals surface area contributed by atoms with Crippen molar-refractivity contribution < 1.29 is 4.74 Å². The first-order chi connectivity index (χ1) is 9.29. The predicted molar refractivity (Wildman–Crippen MR) is 86.3 cm³/mol. The van der Waals surface area contributed by atoms with Crippen molar-refractivity contribution in [1.29, 1.82) is 0 Å². The highest BCUT2D eigenvalue weighted by Gasteiger charge is 2.25. The van der Waals surface area contributed by atoms with Crippen LogP contribution in [0.2, 0.25) is 0 Å². The molecule has 1 rings (SSSR count). The molecule has 0 heterocycles. The molecule has 20 heavy (non-hydrogen) atoms. The summed E-state index contributed by atoms with van der Waals surface area (Å²) in [4.78, 5) is 2.42. The summed E-state index contributed by atoms with van der Waals surface area (Å²) >= 11 is 0. The van der Waals surface area contributed by atoms with E-state index in [2.05, 4.69) is 57.1 Å². The quantitative estimate of drug-likeness (QED) is 0.864. The molecule has 0 bridgehead atoms. The van der Waals surface area contributed by atoms with Crippen LogP contribution in [0.1, 0.15) is 39.3 Å². The van der Waals surface area contributed by atoms with Crippen LogP contribution in [0, 0.1) is 5.41 Å². The van der Waals surface area contributed by atoms with E-state index in [1.807, 2.05) is 19.2 Å². The molecule has 0 aliphatic heterocycles. The lowest BCUT2D eigenvalue weighted by atomic mass is 9.87. The van der Waals surface area contributed by atoms with Gasteiger partial charge in [0.1, 0.15) is 5.75 Å². The molecule has 0 aliphatic carbocycles. The maximum absolute atomic E-state index is 5.22. The fraction of sp³-hybridized carbons (Fsp3) is 0.647. The fourth-order valence-corrected chi connectivity index (χ4v) is 2.31. The van der Waals surface area contributed by atoms with E-state index in [0.29, 0.717) is 12.1 Å². The smallest absolute Gasteiger partial charge is 0.118 e. The van der Waals surface area contributed by atoms with E-state index in [4.69, 9.17) is 4.74 Å². The van der Waals surface area contributed by atoms with Crippen molar-refractivity contribution in [1.82, 2.24) is 10.2 Å². The Hall–Kier alpha value is -1.06. The summed E-state index contributed by atoms with van der Waals surface area (Å²) in [5.74, 6) is 0.903. The summed E-state index contributed by atoms with van der Waals surface area (Å²) in [6, 6.07) is 9.16. The molecular weight excluding hydrogens is 248 g/mol. The van der Waals surface area contributed by atoms with Gasteiger partial charge < -0.3 is 15.0 Å². The van der Waals surface area contributed by atoms with E-state index >= 15 is 0 Å². The molecule has 0 saturated carbocycles. The van der Waals surface area contributed by atoms with Gasteiger partial charge in [0.15, 0.2) is 0 Å². The molecule has 0 spiro atoms. The van der Waals surface area contributed by atoms with Gasteiger partial charge in [0.25, 0.3) is 0 Å². The van der Waals surface area contributed by atoms with Crippen LogP contribution < -0.4 is 10.1 Å². The molecule has 2 atom stereocenters. The van der Waals surface area contributed by atoms with Crippen molar-refractivity contribution in [3.63, 3.8) is 0 Å². The Bertz CT molecular complexity index is 394. The first-order valence-electron chi connectivity index (χ1n) is 7.31. The number of ether oxygens (including phenoxy) is 1. The third-order valence-corrected chi connectivity index (χ3v) is 4.25. The van der Waals surface area contributed by atoms with Crippen LogP contribution in [0.3, 0.4) is 0 Å². The summed E-state index contributed by atoms with van der Waals surface area (Å²) in [7, 11) is 5.91. The van der Waals surface area contributed by atoms with Crippen molar-refractivity contribution >= 4 is 0 Å². The summed E-state index contributed by atoms with van der Waals surface area (Å²) in [6.07, 6.45) is 0. The van der Waals surface area contributed by atoms with Crippen molar-refractivity contribution in [2.24, 2.45) is 5.41 Å². The van der Waals surface area contributed by atoms with Gasteiger partial charge >= 0.3 is 0 Å².